The summed E-state index contributed by atoms with van der Waals surface area (Å²) in [7, 11) is 0. The predicted octanol–water partition coefficient (Wildman–Crippen LogP) is 3.23. The third-order valence-electron chi connectivity index (χ3n) is 2.69. The third-order valence-corrected chi connectivity index (χ3v) is 3.83. The summed E-state index contributed by atoms with van der Waals surface area (Å²) < 4.78 is 0. The fourth-order valence-corrected chi connectivity index (χ4v) is 2.49. The first-order chi connectivity index (χ1) is 7.17. The van der Waals surface area contributed by atoms with Gasteiger partial charge in [-0.2, -0.15) is 0 Å². The maximum Gasteiger partial charge on any atom is 0.0925 e. The second-order valence-corrected chi connectivity index (χ2v) is 5.41. The van der Waals surface area contributed by atoms with E-state index in [1.807, 2.05) is 17.5 Å². The molecule has 1 atom stereocenters. The maximum atomic E-state index is 4.36. The average molecular weight is 226 g/mol. The molecule has 0 aromatic carbocycles. The van der Waals surface area contributed by atoms with Gasteiger partial charge >= 0.3 is 0 Å². The van der Waals surface area contributed by atoms with E-state index in [2.05, 4.69) is 38.0 Å². The molecule has 1 rings (SSSR count). The van der Waals surface area contributed by atoms with Gasteiger partial charge in [-0.25, -0.2) is 4.98 Å². The fourth-order valence-electron chi connectivity index (χ4n) is 1.68. The minimum absolute atomic E-state index is 0.622. The number of nitrogens with zero attached hydrogens (tertiary/aromatic N) is 1. The van der Waals surface area contributed by atoms with Crippen LogP contribution in [-0.4, -0.2) is 11.0 Å². The molecule has 1 unspecified atom stereocenters. The Balaban J connectivity index is 2.41. The van der Waals surface area contributed by atoms with Gasteiger partial charge in [0.25, 0.3) is 0 Å². The number of aromatic nitrogens is 1. The van der Waals surface area contributed by atoms with Gasteiger partial charge < -0.3 is 5.32 Å². The first kappa shape index (κ1) is 12.7. The Morgan fingerprint density at radius 1 is 1.40 bits per heavy atom. The summed E-state index contributed by atoms with van der Waals surface area (Å²) >= 11 is 1.82. The lowest BCUT2D eigenvalue weighted by Crippen LogP contribution is -2.32. The molecule has 1 aromatic heterocycles. The Hall–Kier alpha value is -0.410. The van der Waals surface area contributed by atoms with Gasteiger partial charge in [-0.3, -0.25) is 0 Å². The van der Waals surface area contributed by atoms with E-state index in [0.717, 1.165) is 13.0 Å². The molecule has 0 aliphatic heterocycles. The Bertz CT molecular complexity index is 281. The van der Waals surface area contributed by atoms with Crippen LogP contribution in [0.5, 0.6) is 0 Å². The zero-order chi connectivity index (χ0) is 11.3. The van der Waals surface area contributed by atoms with Gasteiger partial charge in [0.2, 0.25) is 0 Å². The topological polar surface area (TPSA) is 24.9 Å². The van der Waals surface area contributed by atoms with Crippen molar-refractivity contribution in [2.75, 3.05) is 0 Å². The van der Waals surface area contributed by atoms with Crippen molar-refractivity contribution in [3.05, 3.63) is 16.1 Å². The van der Waals surface area contributed by atoms with Gasteiger partial charge in [-0.15, -0.1) is 11.3 Å². The van der Waals surface area contributed by atoms with E-state index in [1.54, 1.807) is 0 Å². The van der Waals surface area contributed by atoms with E-state index in [0.29, 0.717) is 12.0 Å². The van der Waals surface area contributed by atoms with Crippen molar-refractivity contribution in [2.45, 2.75) is 53.1 Å². The molecule has 0 radical (unpaired) electrons. The van der Waals surface area contributed by atoms with Gasteiger partial charge in [0.15, 0.2) is 0 Å². The molecule has 0 amide bonds. The van der Waals surface area contributed by atoms with Crippen molar-refractivity contribution in [1.82, 2.24) is 10.3 Å². The average Bonchev–Trinajstić information content (AvgIpc) is 2.66. The van der Waals surface area contributed by atoms with Crippen LogP contribution >= 0.6 is 11.3 Å². The molecule has 0 spiro atoms. The number of hydrogen-bond acceptors (Lipinski definition) is 3. The summed E-state index contributed by atoms with van der Waals surface area (Å²) in [5.41, 5.74) is 0. The molecule has 0 saturated heterocycles. The highest BCUT2D eigenvalue weighted by Gasteiger charge is 2.10. The molecule has 1 N–H and O–H groups in total. The minimum atomic E-state index is 0.622. The van der Waals surface area contributed by atoms with Crippen LogP contribution in [0.1, 0.15) is 44.0 Å². The molecule has 1 heterocycles. The molecule has 86 valence electrons. The zero-order valence-corrected chi connectivity index (χ0v) is 11.0. The summed E-state index contributed by atoms with van der Waals surface area (Å²) in [6.45, 7) is 9.89. The molecule has 0 fully saturated rings. The van der Waals surface area contributed by atoms with Crippen LogP contribution in [-0.2, 0) is 13.0 Å². The highest BCUT2D eigenvalue weighted by Crippen LogP contribution is 2.14. The fraction of sp³-hybridized carbons (Fsp3) is 0.750. The van der Waals surface area contributed by atoms with Crippen LogP contribution in [0.25, 0.3) is 0 Å². The standard InChI is InChI=1S/C12H22N2S/c1-5-11(9(3)4)13-7-10-8-14-12(6-2)15-10/h8-9,11,13H,5-7H2,1-4H3. The van der Waals surface area contributed by atoms with Crippen LogP contribution in [0.2, 0.25) is 0 Å². The maximum absolute atomic E-state index is 4.36. The molecule has 0 saturated carbocycles. The quantitative estimate of drug-likeness (QED) is 0.805. The lowest BCUT2D eigenvalue weighted by atomic mass is 10.0. The third kappa shape index (κ3) is 3.92. The summed E-state index contributed by atoms with van der Waals surface area (Å²) in [5, 5.41) is 4.83. The van der Waals surface area contributed by atoms with E-state index >= 15 is 0 Å². The molecule has 15 heavy (non-hydrogen) atoms. The minimum Gasteiger partial charge on any atom is -0.309 e. The lowest BCUT2D eigenvalue weighted by Gasteiger charge is -2.20. The summed E-state index contributed by atoms with van der Waals surface area (Å²) in [6, 6.07) is 0.622. The smallest absolute Gasteiger partial charge is 0.0925 e. The molecular weight excluding hydrogens is 204 g/mol. The van der Waals surface area contributed by atoms with Crippen LogP contribution in [0.3, 0.4) is 0 Å². The summed E-state index contributed by atoms with van der Waals surface area (Å²) in [4.78, 5) is 5.71. The van der Waals surface area contributed by atoms with Crippen LogP contribution in [0.15, 0.2) is 6.20 Å². The zero-order valence-electron chi connectivity index (χ0n) is 10.2. The van der Waals surface area contributed by atoms with Gasteiger partial charge in [-0.05, 0) is 18.8 Å². The number of nitrogens with one attached hydrogen (secondary N) is 1. The molecule has 2 nitrogen and oxygen atoms in total. The highest BCUT2D eigenvalue weighted by molar-refractivity contribution is 7.11. The van der Waals surface area contributed by atoms with Gasteiger partial charge in [0, 0.05) is 23.7 Å². The van der Waals surface area contributed by atoms with Crippen LogP contribution < -0.4 is 5.32 Å². The van der Waals surface area contributed by atoms with E-state index in [1.165, 1.54) is 16.3 Å². The number of rotatable bonds is 6. The Kier molecular flexibility index (Phi) is 5.26. The monoisotopic (exact) mass is 226 g/mol. The number of hydrogen-bond donors (Lipinski definition) is 1. The summed E-state index contributed by atoms with van der Waals surface area (Å²) in [6.07, 6.45) is 4.24. The number of thiazole rings is 1. The Morgan fingerprint density at radius 2 is 2.13 bits per heavy atom. The van der Waals surface area contributed by atoms with E-state index in [4.69, 9.17) is 0 Å². The molecular formula is C12H22N2S. The van der Waals surface area contributed by atoms with Crippen molar-refractivity contribution in [1.29, 1.82) is 0 Å². The van der Waals surface area contributed by atoms with Gasteiger partial charge in [-0.1, -0.05) is 27.7 Å². The first-order valence-electron chi connectivity index (χ1n) is 5.84. The van der Waals surface area contributed by atoms with Gasteiger partial charge in [0.1, 0.15) is 0 Å². The summed E-state index contributed by atoms with van der Waals surface area (Å²) in [5.74, 6) is 0.702. The molecule has 3 heteroatoms. The number of aryl methyl sites for hydroxylation is 1. The van der Waals surface area contributed by atoms with Crippen molar-refractivity contribution in [3.63, 3.8) is 0 Å². The second kappa shape index (κ2) is 6.23. The SMILES string of the molecule is CCc1ncc(CNC(CC)C(C)C)s1. The highest BCUT2D eigenvalue weighted by atomic mass is 32.1. The van der Waals surface area contributed by atoms with E-state index in [9.17, 15) is 0 Å². The van der Waals surface area contributed by atoms with Crippen molar-refractivity contribution in [3.8, 4) is 0 Å². The van der Waals surface area contributed by atoms with Gasteiger partial charge in [0.05, 0.1) is 5.01 Å². The lowest BCUT2D eigenvalue weighted by molar-refractivity contribution is 0.388. The van der Waals surface area contributed by atoms with Crippen molar-refractivity contribution >= 4 is 11.3 Å². The van der Waals surface area contributed by atoms with Crippen molar-refractivity contribution < 1.29 is 0 Å². The van der Waals surface area contributed by atoms with Crippen LogP contribution in [0.4, 0.5) is 0 Å². The Morgan fingerprint density at radius 3 is 2.60 bits per heavy atom. The second-order valence-electron chi connectivity index (χ2n) is 4.21. The van der Waals surface area contributed by atoms with Crippen LogP contribution in [0, 0.1) is 5.92 Å². The van der Waals surface area contributed by atoms with E-state index < -0.39 is 0 Å². The van der Waals surface area contributed by atoms with Crippen molar-refractivity contribution in [2.24, 2.45) is 5.92 Å². The molecule has 1 aromatic rings. The normalized spacial score (nSPS) is 13.4. The predicted molar refractivity (Wildman–Crippen MR) is 67.2 cm³/mol. The van der Waals surface area contributed by atoms with E-state index in [-0.39, 0.29) is 0 Å². The molecule has 0 bridgehead atoms. The Labute approximate surface area is 97.1 Å². The molecule has 0 aliphatic carbocycles. The molecule has 0 aliphatic rings. The largest absolute Gasteiger partial charge is 0.309 e. The first-order valence-corrected chi connectivity index (χ1v) is 6.66.